The summed E-state index contributed by atoms with van der Waals surface area (Å²) < 4.78 is 6.92. The molecule has 0 radical (unpaired) electrons. The minimum absolute atomic E-state index is 0.143. The highest BCUT2D eigenvalue weighted by atomic mass is 35.5. The van der Waals surface area contributed by atoms with E-state index in [9.17, 15) is 4.79 Å². The van der Waals surface area contributed by atoms with Crippen LogP contribution in [0.4, 0.5) is 5.69 Å². The summed E-state index contributed by atoms with van der Waals surface area (Å²) in [4.78, 5) is 12.3. The second-order valence-corrected chi connectivity index (χ2v) is 8.87. The number of methoxy groups -OCH3 is 1. The van der Waals surface area contributed by atoms with Gasteiger partial charge in [-0.2, -0.15) is 0 Å². The van der Waals surface area contributed by atoms with Crippen LogP contribution in [-0.2, 0) is 4.79 Å². The summed E-state index contributed by atoms with van der Waals surface area (Å²) in [6.45, 7) is 3.89. The third kappa shape index (κ3) is 5.27. The van der Waals surface area contributed by atoms with E-state index in [1.165, 1.54) is 23.1 Å². The van der Waals surface area contributed by atoms with Crippen LogP contribution in [-0.4, -0.2) is 34.2 Å². The molecular weight excluding hydrogens is 374 g/mol. The number of nitrogens with one attached hydrogen (secondary N) is 1. The van der Waals surface area contributed by atoms with Crippen LogP contribution >= 0.6 is 46.5 Å². The normalized spacial score (nSPS) is 12.0. The van der Waals surface area contributed by atoms with Crippen molar-refractivity contribution >= 4 is 58.1 Å². The number of aromatic nitrogens is 2. The summed E-state index contributed by atoms with van der Waals surface area (Å²) >= 11 is 10.5. The molecule has 124 valence electrons. The Hall–Kier alpha value is -0.960. The molecular formula is C14H16ClN3O2S3. The van der Waals surface area contributed by atoms with Gasteiger partial charge < -0.3 is 10.1 Å². The Balaban J connectivity index is 2.00. The van der Waals surface area contributed by atoms with Crippen molar-refractivity contribution in [3.8, 4) is 5.75 Å². The lowest BCUT2D eigenvalue weighted by Crippen LogP contribution is -2.22. The first-order valence-corrected chi connectivity index (χ1v) is 9.86. The standard InChI is InChI=1S/C14H16ClN3O2S3/c1-4-21-13-17-18-14(23-13)22-8(2)12(19)16-10-7-9(15)5-6-11(10)20-3/h5-8H,4H2,1-3H3,(H,16,19)/t8-/m0/s1. The second kappa shape index (κ2) is 8.77. The molecule has 1 atom stereocenters. The van der Waals surface area contributed by atoms with Gasteiger partial charge in [-0.25, -0.2) is 0 Å². The van der Waals surface area contributed by atoms with Crippen LogP contribution in [0.15, 0.2) is 26.9 Å². The predicted octanol–water partition coefficient (Wildman–Crippen LogP) is 4.43. The van der Waals surface area contributed by atoms with Crippen molar-refractivity contribution in [2.24, 2.45) is 0 Å². The quantitative estimate of drug-likeness (QED) is 0.706. The summed E-state index contributed by atoms with van der Waals surface area (Å²) in [5, 5.41) is 11.2. The minimum atomic E-state index is -0.314. The molecule has 5 nitrogen and oxygen atoms in total. The van der Waals surface area contributed by atoms with Gasteiger partial charge in [0.05, 0.1) is 18.0 Å². The van der Waals surface area contributed by atoms with Crippen molar-refractivity contribution in [2.45, 2.75) is 27.8 Å². The van der Waals surface area contributed by atoms with Gasteiger partial charge in [-0.05, 0) is 30.9 Å². The Morgan fingerprint density at radius 3 is 2.87 bits per heavy atom. The van der Waals surface area contributed by atoms with Gasteiger partial charge in [0, 0.05) is 5.02 Å². The molecule has 0 fully saturated rings. The number of nitrogens with zero attached hydrogens (tertiary/aromatic N) is 2. The highest BCUT2D eigenvalue weighted by molar-refractivity contribution is 8.03. The number of anilines is 1. The molecule has 0 spiro atoms. The lowest BCUT2D eigenvalue weighted by molar-refractivity contribution is -0.115. The number of hydrogen-bond donors (Lipinski definition) is 1. The Kier molecular flexibility index (Phi) is 7.01. The maximum atomic E-state index is 12.3. The zero-order chi connectivity index (χ0) is 16.8. The summed E-state index contributed by atoms with van der Waals surface area (Å²) in [5.74, 6) is 1.37. The first-order chi connectivity index (χ1) is 11.0. The van der Waals surface area contributed by atoms with Crippen molar-refractivity contribution in [3.05, 3.63) is 23.2 Å². The molecule has 0 bridgehead atoms. The largest absolute Gasteiger partial charge is 0.495 e. The lowest BCUT2D eigenvalue weighted by atomic mass is 10.3. The van der Waals surface area contributed by atoms with Crippen LogP contribution in [0.3, 0.4) is 0 Å². The molecule has 9 heteroatoms. The third-order valence-electron chi connectivity index (χ3n) is 2.72. The first-order valence-electron chi connectivity index (χ1n) is 6.80. The number of rotatable bonds is 7. The molecule has 1 heterocycles. The van der Waals surface area contributed by atoms with E-state index in [-0.39, 0.29) is 11.2 Å². The molecule has 2 rings (SSSR count). The average Bonchev–Trinajstić information content (AvgIpc) is 2.95. The Labute approximate surface area is 152 Å². The maximum absolute atomic E-state index is 12.3. The van der Waals surface area contributed by atoms with Gasteiger partial charge in [0.1, 0.15) is 5.75 Å². The Morgan fingerprint density at radius 1 is 1.43 bits per heavy atom. The lowest BCUT2D eigenvalue weighted by Gasteiger charge is -2.13. The molecule has 0 aliphatic heterocycles. The summed E-state index contributed by atoms with van der Waals surface area (Å²) in [6, 6.07) is 5.09. The molecule has 0 unspecified atom stereocenters. The topological polar surface area (TPSA) is 64.1 Å². The van der Waals surface area contributed by atoms with Gasteiger partial charge in [-0.15, -0.1) is 10.2 Å². The number of benzene rings is 1. The van der Waals surface area contributed by atoms with E-state index in [4.69, 9.17) is 16.3 Å². The van der Waals surface area contributed by atoms with Crippen LogP contribution in [0.5, 0.6) is 5.75 Å². The van der Waals surface area contributed by atoms with Crippen LogP contribution in [0.2, 0.25) is 5.02 Å². The Morgan fingerprint density at radius 2 is 2.17 bits per heavy atom. The minimum Gasteiger partial charge on any atom is -0.495 e. The molecule has 23 heavy (non-hydrogen) atoms. The Bertz CT molecular complexity index is 681. The highest BCUT2D eigenvalue weighted by Gasteiger charge is 2.19. The SMILES string of the molecule is CCSc1nnc(S[C@@H](C)C(=O)Nc2cc(Cl)ccc2OC)s1. The van der Waals surface area contributed by atoms with E-state index in [0.717, 1.165) is 14.4 Å². The van der Waals surface area contributed by atoms with Crippen molar-refractivity contribution in [2.75, 3.05) is 18.2 Å². The van der Waals surface area contributed by atoms with E-state index in [1.807, 2.05) is 6.92 Å². The van der Waals surface area contributed by atoms with E-state index in [1.54, 1.807) is 37.1 Å². The molecule has 1 aromatic carbocycles. The third-order valence-corrected chi connectivity index (χ3v) is 6.08. The highest BCUT2D eigenvalue weighted by Crippen LogP contribution is 2.32. The van der Waals surface area contributed by atoms with E-state index in [0.29, 0.717) is 16.5 Å². The van der Waals surface area contributed by atoms with Gasteiger partial charge in [-0.3, -0.25) is 4.79 Å². The average molecular weight is 390 g/mol. The number of ether oxygens (including phenoxy) is 1. The molecule has 1 N–H and O–H groups in total. The number of amides is 1. The van der Waals surface area contributed by atoms with Crippen LogP contribution in [0, 0.1) is 0 Å². The fraction of sp³-hybridized carbons (Fsp3) is 0.357. The predicted molar refractivity (Wildman–Crippen MR) is 98.3 cm³/mol. The summed E-state index contributed by atoms with van der Waals surface area (Å²) in [5.41, 5.74) is 0.553. The van der Waals surface area contributed by atoms with E-state index >= 15 is 0 Å². The zero-order valence-corrected chi connectivity index (χ0v) is 16.0. The number of carbonyl (C=O) groups is 1. The van der Waals surface area contributed by atoms with Crippen molar-refractivity contribution < 1.29 is 9.53 Å². The van der Waals surface area contributed by atoms with Gasteiger partial charge >= 0.3 is 0 Å². The molecule has 0 saturated heterocycles. The van der Waals surface area contributed by atoms with Gasteiger partial charge in [0.2, 0.25) is 5.91 Å². The van der Waals surface area contributed by atoms with Crippen LogP contribution in [0.25, 0.3) is 0 Å². The van der Waals surface area contributed by atoms with Gasteiger partial charge in [0.25, 0.3) is 0 Å². The number of carbonyl (C=O) groups excluding carboxylic acids is 1. The van der Waals surface area contributed by atoms with Crippen molar-refractivity contribution in [1.82, 2.24) is 10.2 Å². The van der Waals surface area contributed by atoms with Gasteiger partial charge in [0.15, 0.2) is 8.68 Å². The monoisotopic (exact) mass is 389 g/mol. The molecule has 0 saturated carbocycles. The molecule has 0 aliphatic carbocycles. The number of thioether (sulfide) groups is 2. The number of halogens is 1. The van der Waals surface area contributed by atoms with E-state index in [2.05, 4.69) is 22.4 Å². The zero-order valence-electron chi connectivity index (χ0n) is 12.8. The molecule has 2 aromatic rings. The van der Waals surface area contributed by atoms with Crippen molar-refractivity contribution in [1.29, 1.82) is 0 Å². The maximum Gasteiger partial charge on any atom is 0.237 e. The van der Waals surface area contributed by atoms with Gasteiger partial charge in [-0.1, -0.05) is 53.4 Å². The van der Waals surface area contributed by atoms with Crippen molar-refractivity contribution in [3.63, 3.8) is 0 Å². The fourth-order valence-electron chi connectivity index (χ4n) is 1.64. The molecule has 0 aliphatic rings. The summed E-state index contributed by atoms with van der Waals surface area (Å²) in [7, 11) is 1.55. The fourth-order valence-corrected chi connectivity index (χ4v) is 4.88. The molecule has 1 amide bonds. The smallest absolute Gasteiger partial charge is 0.237 e. The van der Waals surface area contributed by atoms with E-state index < -0.39 is 0 Å². The van der Waals surface area contributed by atoms with Crippen LogP contribution in [0.1, 0.15) is 13.8 Å². The first kappa shape index (κ1) is 18.4. The van der Waals surface area contributed by atoms with Crippen LogP contribution < -0.4 is 10.1 Å². The second-order valence-electron chi connectivity index (χ2n) is 4.36. The summed E-state index contributed by atoms with van der Waals surface area (Å²) in [6.07, 6.45) is 0. The molecule has 1 aromatic heterocycles. The number of hydrogen-bond acceptors (Lipinski definition) is 7.